The third-order valence-corrected chi connectivity index (χ3v) is 4.26. The van der Waals surface area contributed by atoms with Gasteiger partial charge in [0.25, 0.3) is 0 Å². The lowest BCUT2D eigenvalue weighted by Crippen LogP contribution is -1.86. The second-order valence-electron chi connectivity index (χ2n) is 4.29. The standard InChI is InChI=1S/C15H10NS/c1-16-13-5-3-2-4-10(13)11-6-7-14-12(15(11)16)8-9-17-14/h2-6,8-9H,1H3. The van der Waals surface area contributed by atoms with Gasteiger partial charge in [-0.3, -0.25) is 0 Å². The number of hydrogen-bond acceptors (Lipinski definition) is 1. The number of para-hydroxylation sites is 1. The number of thiophene rings is 1. The van der Waals surface area contributed by atoms with Crippen LogP contribution in [-0.2, 0) is 7.05 Å². The van der Waals surface area contributed by atoms with Crippen molar-refractivity contribution in [3.63, 3.8) is 0 Å². The number of nitrogens with zero attached hydrogens (tertiary/aromatic N) is 1. The van der Waals surface area contributed by atoms with E-state index in [1.165, 1.54) is 31.9 Å². The average Bonchev–Trinajstić information content (AvgIpc) is 2.93. The summed E-state index contributed by atoms with van der Waals surface area (Å²) in [5.74, 6) is 0. The molecule has 2 aromatic heterocycles. The van der Waals surface area contributed by atoms with Gasteiger partial charge in [0, 0.05) is 39.5 Å². The molecule has 0 atom stereocenters. The molecule has 0 aliphatic carbocycles. The molecule has 0 saturated carbocycles. The minimum Gasteiger partial charge on any atom is -0.343 e. The van der Waals surface area contributed by atoms with Crippen LogP contribution in [0.3, 0.4) is 0 Å². The Morgan fingerprint density at radius 2 is 1.94 bits per heavy atom. The van der Waals surface area contributed by atoms with E-state index in [2.05, 4.69) is 59.5 Å². The summed E-state index contributed by atoms with van der Waals surface area (Å²) in [5.41, 5.74) is 2.61. The number of hydrogen-bond donors (Lipinski definition) is 0. The number of benzene rings is 2. The Balaban J connectivity index is 2.43. The highest BCUT2D eigenvalue weighted by molar-refractivity contribution is 7.17. The molecule has 4 aromatic rings. The van der Waals surface area contributed by atoms with Crippen molar-refractivity contribution in [1.29, 1.82) is 0 Å². The Labute approximate surface area is 103 Å². The lowest BCUT2D eigenvalue weighted by atomic mass is 10.1. The number of aryl methyl sites for hydroxylation is 1. The maximum Gasteiger partial charge on any atom is 0.0577 e. The van der Waals surface area contributed by atoms with Gasteiger partial charge in [-0.05, 0) is 23.6 Å². The van der Waals surface area contributed by atoms with Crippen LogP contribution in [0, 0.1) is 6.07 Å². The van der Waals surface area contributed by atoms with E-state index in [1.54, 1.807) is 11.3 Å². The zero-order valence-corrected chi connectivity index (χ0v) is 10.2. The van der Waals surface area contributed by atoms with Gasteiger partial charge in [-0.15, -0.1) is 11.3 Å². The van der Waals surface area contributed by atoms with E-state index in [9.17, 15) is 0 Å². The molecule has 1 radical (unpaired) electrons. The second kappa shape index (κ2) is 3.11. The first kappa shape index (κ1) is 9.25. The zero-order valence-electron chi connectivity index (χ0n) is 9.40. The molecule has 0 unspecified atom stereocenters. The summed E-state index contributed by atoms with van der Waals surface area (Å²) in [6.45, 7) is 0. The van der Waals surface area contributed by atoms with Crippen LogP contribution in [0.25, 0.3) is 31.9 Å². The summed E-state index contributed by atoms with van der Waals surface area (Å²) >= 11 is 1.75. The van der Waals surface area contributed by atoms with Crippen LogP contribution in [0.5, 0.6) is 0 Å². The summed E-state index contributed by atoms with van der Waals surface area (Å²) in [5, 5.41) is 6.06. The molecule has 0 aliphatic rings. The quantitative estimate of drug-likeness (QED) is 0.428. The van der Waals surface area contributed by atoms with Gasteiger partial charge in [-0.25, -0.2) is 0 Å². The molecule has 0 amide bonds. The van der Waals surface area contributed by atoms with Crippen molar-refractivity contribution < 1.29 is 0 Å². The van der Waals surface area contributed by atoms with Crippen LogP contribution in [0.4, 0.5) is 0 Å². The van der Waals surface area contributed by atoms with Gasteiger partial charge in [0.2, 0.25) is 0 Å². The van der Waals surface area contributed by atoms with E-state index < -0.39 is 0 Å². The maximum atomic E-state index is 3.38. The molecule has 0 spiro atoms. The first-order chi connectivity index (χ1) is 8.36. The van der Waals surface area contributed by atoms with Crippen molar-refractivity contribution in [2.45, 2.75) is 0 Å². The third-order valence-electron chi connectivity index (χ3n) is 3.41. The van der Waals surface area contributed by atoms with Crippen molar-refractivity contribution in [2.24, 2.45) is 7.05 Å². The Bertz CT molecular complexity index is 851. The van der Waals surface area contributed by atoms with Gasteiger partial charge >= 0.3 is 0 Å². The first-order valence-corrected chi connectivity index (χ1v) is 6.49. The molecule has 17 heavy (non-hydrogen) atoms. The summed E-state index contributed by atoms with van der Waals surface area (Å²) < 4.78 is 3.52. The first-order valence-electron chi connectivity index (χ1n) is 5.61. The predicted molar refractivity (Wildman–Crippen MR) is 74.6 cm³/mol. The molecule has 81 valence electrons. The topological polar surface area (TPSA) is 4.93 Å². The highest BCUT2D eigenvalue weighted by Crippen LogP contribution is 2.34. The van der Waals surface area contributed by atoms with Crippen LogP contribution >= 0.6 is 11.3 Å². The van der Waals surface area contributed by atoms with E-state index >= 15 is 0 Å². The fraction of sp³-hybridized carbons (Fsp3) is 0.0667. The Morgan fingerprint density at radius 3 is 2.88 bits per heavy atom. The van der Waals surface area contributed by atoms with Crippen LogP contribution in [0.15, 0.2) is 41.8 Å². The summed E-state index contributed by atoms with van der Waals surface area (Å²) in [7, 11) is 2.14. The molecule has 0 N–H and O–H groups in total. The molecule has 4 rings (SSSR count). The van der Waals surface area contributed by atoms with Crippen LogP contribution < -0.4 is 0 Å². The molecule has 1 nitrogen and oxygen atoms in total. The van der Waals surface area contributed by atoms with Gasteiger partial charge in [0.1, 0.15) is 0 Å². The molecular formula is C15H10NS. The van der Waals surface area contributed by atoms with Gasteiger partial charge in [0.05, 0.1) is 5.52 Å². The fourth-order valence-electron chi connectivity index (χ4n) is 2.64. The van der Waals surface area contributed by atoms with Crippen molar-refractivity contribution in [3.8, 4) is 0 Å². The second-order valence-corrected chi connectivity index (χ2v) is 5.21. The molecule has 0 aliphatic heterocycles. The number of fused-ring (bicyclic) bond motifs is 5. The minimum atomic E-state index is 1.24. The van der Waals surface area contributed by atoms with Crippen LogP contribution in [0.1, 0.15) is 0 Å². The molecule has 0 bridgehead atoms. The van der Waals surface area contributed by atoms with Crippen LogP contribution in [-0.4, -0.2) is 4.57 Å². The van der Waals surface area contributed by atoms with Gasteiger partial charge in [-0.2, -0.15) is 0 Å². The van der Waals surface area contributed by atoms with E-state index in [4.69, 9.17) is 0 Å². The number of aromatic nitrogens is 1. The van der Waals surface area contributed by atoms with E-state index in [1.807, 2.05) is 0 Å². The van der Waals surface area contributed by atoms with E-state index in [0.29, 0.717) is 0 Å². The molecular weight excluding hydrogens is 226 g/mol. The molecule has 0 saturated heterocycles. The van der Waals surface area contributed by atoms with Crippen molar-refractivity contribution >= 4 is 43.2 Å². The third kappa shape index (κ3) is 1.08. The van der Waals surface area contributed by atoms with Crippen molar-refractivity contribution in [1.82, 2.24) is 4.57 Å². The average molecular weight is 236 g/mol. The Hall–Kier alpha value is -1.80. The Kier molecular flexibility index (Phi) is 1.69. The summed E-state index contributed by atoms with van der Waals surface area (Å²) in [6, 6.07) is 16.2. The lowest BCUT2D eigenvalue weighted by molar-refractivity contribution is 1.02. The Morgan fingerprint density at radius 1 is 1.06 bits per heavy atom. The highest BCUT2D eigenvalue weighted by atomic mass is 32.1. The monoisotopic (exact) mass is 236 g/mol. The lowest BCUT2D eigenvalue weighted by Gasteiger charge is -1.98. The van der Waals surface area contributed by atoms with Gasteiger partial charge < -0.3 is 4.57 Å². The number of rotatable bonds is 0. The molecule has 0 fully saturated rings. The van der Waals surface area contributed by atoms with E-state index in [0.717, 1.165) is 0 Å². The summed E-state index contributed by atoms with van der Waals surface area (Å²) in [6.07, 6.45) is 0. The summed E-state index contributed by atoms with van der Waals surface area (Å²) in [4.78, 5) is 0. The van der Waals surface area contributed by atoms with Crippen LogP contribution in [0.2, 0.25) is 0 Å². The molecule has 2 heteroatoms. The fourth-order valence-corrected chi connectivity index (χ4v) is 3.40. The SMILES string of the molecule is Cn1c2ccccc2c2c[c]c3sccc3c21. The zero-order chi connectivity index (χ0) is 11.4. The smallest absolute Gasteiger partial charge is 0.0577 e. The van der Waals surface area contributed by atoms with Crippen molar-refractivity contribution in [2.75, 3.05) is 0 Å². The molecule has 2 aromatic carbocycles. The predicted octanol–water partition coefficient (Wildman–Crippen LogP) is 4.35. The largest absolute Gasteiger partial charge is 0.343 e. The van der Waals surface area contributed by atoms with Gasteiger partial charge in [0.15, 0.2) is 0 Å². The minimum absolute atomic E-state index is 1.24. The normalized spacial score (nSPS) is 11.8. The highest BCUT2D eigenvalue weighted by Gasteiger charge is 2.10. The maximum absolute atomic E-state index is 3.38. The van der Waals surface area contributed by atoms with Crippen molar-refractivity contribution in [3.05, 3.63) is 47.8 Å². The van der Waals surface area contributed by atoms with Gasteiger partial charge in [-0.1, -0.05) is 18.2 Å². The van der Waals surface area contributed by atoms with E-state index in [-0.39, 0.29) is 0 Å². The molecule has 2 heterocycles.